The summed E-state index contributed by atoms with van der Waals surface area (Å²) in [7, 11) is 1.34. The Labute approximate surface area is 334 Å². The van der Waals surface area contributed by atoms with Gasteiger partial charge in [0.15, 0.2) is 17.9 Å². The first-order valence-corrected chi connectivity index (χ1v) is 20.1. The van der Waals surface area contributed by atoms with E-state index in [1.807, 2.05) is 0 Å². The Morgan fingerprint density at radius 2 is 1.75 bits per heavy atom. The van der Waals surface area contributed by atoms with Gasteiger partial charge in [0, 0.05) is 35.4 Å². The average molecular weight is 794 g/mol. The highest BCUT2D eigenvalue weighted by molar-refractivity contribution is 6.31. The van der Waals surface area contributed by atoms with Gasteiger partial charge in [0.2, 0.25) is 11.7 Å². The van der Waals surface area contributed by atoms with Crippen molar-refractivity contribution < 1.29 is 58.9 Å². The first kappa shape index (κ1) is 44.0. The normalized spacial score (nSPS) is 24.9. The Morgan fingerprint density at radius 1 is 1.05 bits per heavy atom. The summed E-state index contributed by atoms with van der Waals surface area (Å²) in [5, 5.41) is 57.5. The van der Waals surface area contributed by atoms with Gasteiger partial charge in [0.05, 0.1) is 48.7 Å². The third kappa shape index (κ3) is 9.13. The number of methoxy groups -OCH3 is 1. The number of nitrogens with one attached hydrogen (secondary N) is 1. The molecule has 0 radical (unpaired) electrons. The summed E-state index contributed by atoms with van der Waals surface area (Å²) in [6, 6.07) is 3.64. The van der Waals surface area contributed by atoms with Crippen molar-refractivity contribution in [2.75, 3.05) is 13.7 Å². The van der Waals surface area contributed by atoms with Crippen LogP contribution in [0.4, 0.5) is 0 Å². The van der Waals surface area contributed by atoms with Crippen LogP contribution in [0, 0.1) is 23.2 Å². The monoisotopic (exact) mass is 793 g/mol. The highest BCUT2D eigenvalue weighted by atomic mass is 16.7. The van der Waals surface area contributed by atoms with Crippen molar-refractivity contribution in [1.29, 1.82) is 0 Å². The molecule has 1 saturated heterocycles. The van der Waals surface area contributed by atoms with Gasteiger partial charge in [-0.3, -0.25) is 19.2 Å². The number of hydrogen-bond acceptors (Lipinski definition) is 12. The third-order valence-electron chi connectivity index (χ3n) is 12.4. The van der Waals surface area contributed by atoms with E-state index in [1.54, 1.807) is 6.92 Å². The van der Waals surface area contributed by atoms with Gasteiger partial charge in [-0.25, -0.2) is 0 Å². The molecule has 13 nitrogen and oxygen atoms in total. The minimum absolute atomic E-state index is 0.0272. The molecule has 0 saturated carbocycles. The number of amides is 1. The number of carbonyl (C=O) groups is 4. The molecule has 1 amide bonds. The van der Waals surface area contributed by atoms with Crippen molar-refractivity contribution in [3.8, 4) is 17.2 Å². The largest absolute Gasteiger partial charge is 0.507 e. The second-order valence-electron chi connectivity index (χ2n) is 16.7. The van der Waals surface area contributed by atoms with Crippen molar-refractivity contribution in [2.45, 2.75) is 130 Å². The Hall–Kier alpha value is -4.14. The number of ketones is 3. The molecule has 312 valence electrons. The molecule has 1 aliphatic heterocycles. The number of aliphatic hydroxyl groups is 3. The number of phenols is 2. The Balaban J connectivity index is 1.38. The highest BCUT2D eigenvalue weighted by Crippen LogP contribution is 2.52. The lowest BCUT2D eigenvalue weighted by molar-refractivity contribution is -0.245. The maximum absolute atomic E-state index is 14.0. The molecule has 9 atom stereocenters. The van der Waals surface area contributed by atoms with E-state index < -0.39 is 89.2 Å². The van der Waals surface area contributed by atoms with E-state index >= 15 is 0 Å². The van der Waals surface area contributed by atoms with Gasteiger partial charge < -0.3 is 45.1 Å². The first-order chi connectivity index (χ1) is 26.9. The lowest BCUT2D eigenvalue weighted by Crippen LogP contribution is -2.55. The maximum atomic E-state index is 14.0. The zero-order valence-electron chi connectivity index (χ0n) is 34.0. The van der Waals surface area contributed by atoms with Crippen molar-refractivity contribution in [3.63, 3.8) is 0 Å². The molecule has 5 rings (SSSR count). The van der Waals surface area contributed by atoms with Crippen LogP contribution >= 0.6 is 0 Å². The lowest BCUT2D eigenvalue weighted by atomic mass is 9.73. The Kier molecular flexibility index (Phi) is 14.0. The zero-order valence-corrected chi connectivity index (χ0v) is 34.0. The number of rotatable bonds is 16. The summed E-state index contributed by atoms with van der Waals surface area (Å²) in [6.07, 6.45) is 2.14. The quantitative estimate of drug-likeness (QED) is 0.0814. The van der Waals surface area contributed by atoms with Gasteiger partial charge in [0.1, 0.15) is 29.5 Å². The molecule has 1 heterocycles. The molecule has 1 fully saturated rings. The number of aromatic hydroxyl groups is 2. The summed E-state index contributed by atoms with van der Waals surface area (Å²) >= 11 is 0. The van der Waals surface area contributed by atoms with E-state index in [0.29, 0.717) is 12.3 Å². The predicted octanol–water partition coefficient (Wildman–Crippen LogP) is 5.23. The average Bonchev–Trinajstić information content (AvgIpc) is 3.19. The molecule has 9 unspecified atom stereocenters. The van der Waals surface area contributed by atoms with Crippen LogP contribution in [0.2, 0.25) is 0 Å². The minimum atomic E-state index is -1.74. The maximum Gasteiger partial charge on any atom is 0.220 e. The van der Waals surface area contributed by atoms with Gasteiger partial charge >= 0.3 is 0 Å². The van der Waals surface area contributed by atoms with Crippen molar-refractivity contribution in [1.82, 2.24) is 5.32 Å². The van der Waals surface area contributed by atoms with Gasteiger partial charge in [-0.2, -0.15) is 0 Å². The third-order valence-corrected chi connectivity index (χ3v) is 12.4. The minimum Gasteiger partial charge on any atom is -0.507 e. The number of benzene rings is 2. The molecular weight excluding hydrogens is 734 g/mol. The van der Waals surface area contributed by atoms with Crippen molar-refractivity contribution >= 4 is 23.3 Å². The number of carbonyl (C=O) groups excluding carboxylic acids is 4. The predicted molar refractivity (Wildman–Crippen MR) is 210 cm³/mol. The second kappa shape index (κ2) is 18.2. The fourth-order valence-electron chi connectivity index (χ4n) is 8.18. The van der Waals surface area contributed by atoms with Crippen LogP contribution in [0.25, 0.3) is 0 Å². The number of ether oxygens (including phenoxy) is 3. The van der Waals surface area contributed by atoms with Crippen LogP contribution in [-0.2, 0) is 25.5 Å². The number of phenolic OH excluding ortho intramolecular Hbond substituents is 2. The van der Waals surface area contributed by atoms with Gasteiger partial charge in [-0.1, -0.05) is 65.3 Å². The zero-order chi connectivity index (χ0) is 41.9. The molecular formula is C44H59NO12. The number of aliphatic hydroxyl groups excluding tert-OH is 3. The first-order valence-electron chi connectivity index (χ1n) is 20.1. The van der Waals surface area contributed by atoms with Crippen LogP contribution < -0.4 is 10.1 Å². The fourth-order valence-corrected chi connectivity index (χ4v) is 8.18. The summed E-state index contributed by atoms with van der Waals surface area (Å²) in [4.78, 5) is 54.4. The topological polar surface area (TPSA) is 209 Å². The van der Waals surface area contributed by atoms with E-state index in [4.69, 9.17) is 14.2 Å². The van der Waals surface area contributed by atoms with E-state index in [0.717, 1.165) is 19.3 Å². The van der Waals surface area contributed by atoms with E-state index in [1.165, 1.54) is 25.3 Å². The summed E-state index contributed by atoms with van der Waals surface area (Å²) in [5.74, 6) is -3.82. The van der Waals surface area contributed by atoms with E-state index in [-0.39, 0.29) is 70.9 Å². The molecule has 0 bridgehead atoms. The highest BCUT2D eigenvalue weighted by Gasteiger charge is 2.46. The van der Waals surface area contributed by atoms with Crippen molar-refractivity contribution in [2.24, 2.45) is 23.2 Å². The number of hydrogen-bond donors (Lipinski definition) is 6. The summed E-state index contributed by atoms with van der Waals surface area (Å²) in [6.45, 7) is 11.6. The molecule has 6 N–H and O–H groups in total. The van der Waals surface area contributed by atoms with Crippen molar-refractivity contribution in [3.05, 3.63) is 63.7 Å². The van der Waals surface area contributed by atoms with Crippen LogP contribution in [0.1, 0.15) is 136 Å². The Bertz CT molecular complexity index is 1870. The van der Waals surface area contributed by atoms with Crippen LogP contribution in [0.5, 0.6) is 17.2 Å². The summed E-state index contributed by atoms with van der Waals surface area (Å²) < 4.78 is 17.8. The number of allylic oxidation sites excluding steroid dienone is 2. The molecule has 3 aliphatic rings. The van der Waals surface area contributed by atoms with Crippen LogP contribution in [-0.4, -0.2) is 93.1 Å². The number of fused-ring (bicyclic) bond motifs is 3. The number of Topliss-reactive ketones (excluding diaryl/α,β-unsaturated/α-hetero) is 1. The fraction of sp³-hybridized carbons (Fsp3) is 0.591. The van der Waals surface area contributed by atoms with E-state index in [9.17, 15) is 44.7 Å². The SMILES string of the molecule is CCC(C)CCC=CC(C)(C)C(C)CCC(=O)NC1CC(OC2CC(C(=O)C(O)CO)Cc3c(O)c4c(c(O)c32)C(=O)c2c(OC)cccc2C4=O)OC(C)C1O. The van der Waals surface area contributed by atoms with Gasteiger partial charge in [0.25, 0.3) is 0 Å². The van der Waals surface area contributed by atoms with E-state index in [2.05, 4.69) is 52.1 Å². The molecule has 0 aromatic heterocycles. The Morgan fingerprint density at radius 3 is 2.42 bits per heavy atom. The standard InChI is InChI=1S/C44H59NO12/c1-8-22(2)12-9-10-17-44(5,6)23(3)15-16-32(48)45-28-20-33(56-24(4)38(28)49)57-31-19-25(39(50)29(47)21-46)18-27-35(31)43(54)37-36(41(27)52)40(51)26-13-11-14-30(55-7)34(26)42(37)53/h10-11,13-14,17,22-25,28-29,31,33,38,46-47,49,52,54H,8-9,12,15-16,18-21H2,1-7H3,(H,45,48). The smallest absolute Gasteiger partial charge is 0.220 e. The molecule has 2 aromatic carbocycles. The molecule has 0 spiro atoms. The van der Waals surface area contributed by atoms with Gasteiger partial charge in [-0.05, 0) is 62.3 Å². The second-order valence-corrected chi connectivity index (χ2v) is 16.7. The van der Waals surface area contributed by atoms with Crippen LogP contribution in [0.3, 0.4) is 0 Å². The van der Waals surface area contributed by atoms with Gasteiger partial charge in [-0.15, -0.1) is 0 Å². The summed E-state index contributed by atoms with van der Waals surface area (Å²) in [5.41, 5.74) is -1.20. The van der Waals surface area contributed by atoms with Crippen LogP contribution in [0.15, 0.2) is 30.4 Å². The molecule has 2 aliphatic carbocycles. The lowest BCUT2D eigenvalue weighted by Gasteiger charge is -2.41. The molecule has 13 heteroatoms. The molecule has 2 aromatic rings. The molecule has 57 heavy (non-hydrogen) atoms.